The molecule has 0 saturated carbocycles. The number of hydrogen-bond donors (Lipinski definition) is 1. The van der Waals surface area contributed by atoms with Crippen molar-refractivity contribution in [1.82, 2.24) is 10.2 Å². The maximum absolute atomic E-state index is 12.1. The van der Waals surface area contributed by atoms with Gasteiger partial charge in [-0.1, -0.05) is 17.7 Å². The van der Waals surface area contributed by atoms with Gasteiger partial charge in [0.15, 0.2) is 0 Å². The molecule has 1 heterocycles. The van der Waals surface area contributed by atoms with E-state index in [0.717, 1.165) is 38.0 Å². The van der Waals surface area contributed by atoms with E-state index in [4.69, 9.17) is 18.4 Å². The lowest BCUT2D eigenvalue weighted by Gasteiger charge is -2.32. The molecular formula is C23H38N2O7S. The summed E-state index contributed by atoms with van der Waals surface area (Å²) in [5, 5.41) is 2.93. The second-order valence-corrected chi connectivity index (χ2v) is 10.7. The smallest absolute Gasteiger partial charge is 0.407 e. The molecule has 2 rings (SSSR count). The molecule has 0 bridgehead atoms. The fourth-order valence-corrected chi connectivity index (χ4v) is 4.16. The van der Waals surface area contributed by atoms with Gasteiger partial charge in [-0.3, -0.25) is 4.18 Å². The summed E-state index contributed by atoms with van der Waals surface area (Å²) in [7, 11) is -3.76. The van der Waals surface area contributed by atoms with Crippen molar-refractivity contribution in [2.75, 3.05) is 52.7 Å². The van der Waals surface area contributed by atoms with E-state index in [2.05, 4.69) is 10.2 Å². The molecule has 0 spiro atoms. The van der Waals surface area contributed by atoms with Crippen LogP contribution in [-0.2, 0) is 28.5 Å². The molecular weight excluding hydrogens is 448 g/mol. The number of ether oxygens (including phenoxy) is 3. The summed E-state index contributed by atoms with van der Waals surface area (Å²) in [4.78, 5) is 14.3. The molecule has 0 aliphatic carbocycles. The Hall–Kier alpha value is -1.72. The third-order valence-electron chi connectivity index (χ3n) is 5.01. The van der Waals surface area contributed by atoms with Gasteiger partial charge in [0.05, 0.1) is 37.9 Å². The third kappa shape index (κ3) is 11.3. The molecule has 0 atom stereocenters. The Labute approximate surface area is 197 Å². The van der Waals surface area contributed by atoms with Crippen LogP contribution >= 0.6 is 0 Å². The lowest BCUT2D eigenvalue weighted by Crippen LogP contribution is -2.46. The largest absolute Gasteiger partial charge is 0.444 e. The Morgan fingerprint density at radius 3 is 2.18 bits per heavy atom. The van der Waals surface area contributed by atoms with Crippen molar-refractivity contribution in [2.24, 2.45) is 0 Å². The average molecular weight is 487 g/mol. The van der Waals surface area contributed by atoms with E-state index < -0.39 is 15.7 Å². The van der Waals surface area contributed by atoms with Gasteiger partial charge in [0.1, 0.15) is 5.60 Å². The van der Waals surface area contributed by atoms with Crippen LogP contribution in [-0.4, -0.2) is 83.7 Å². The van der Waals surface area contributed by atoms with Crippen molar-refractivity contribution in [3.8, 4) is 0 Å². The zero-order valence-electron chi connectivity index (χ0n) is 20.2. The van der Waals surface area contributed by atoms with Gasteiger partial charge in [-0.15, -0.1) is 0 Å². The van der Waals surface area contributed by atoms with Crippen LogP contribution in [0.4, 0.5) is 4.79 Å². The lowest BCUT2D eigenvalue weighted by molar-refractivity contribution is 0.0264. The molecule has 1 aliphatic rings. The van der Waals surface area contributed by atoms with Crippen molar-refractivity contribution >= 4 is 16.2 Å². The molecule has 1 aromatic carbocycles. The minimum absolute atomic E-state index is 0.0392. The van der Waals surface area contributed by atoms with Crippen LogP contribution in [0.15, 0.2) is 29.2 Å². The maximum atomic E-state index is 12.1. The Morgan fingerprint density at radius 2 is 1.58 bits per heavy atom. The number of carbonyl (C=O) groups excluding carboxylic acids is 1. The van der Waals surface area contributed by atoms with Crippen LogP contribution < -0.4 is 5.32 Å². The van der Waals surface area contributed by atoms with Crippen LogP contribution in [0.3, 0.4) is 0 Å². The van der Waals surface area contributed by atoms with Gasteiger partial charge < -0.3 is 24.4 Å². The molecule has 1 fully saturated rings. The van der Waals surface area contributed by atoms with Crippen molar-refractivity contribution in [2.45, 2.75) is 57.1 Å². The number of carbonyl (C=O) groups is 1. The molecule has 1 aromatic rings. The summed E-state index contributed by atoms with van der Waals surface area (Å²) in [6, 6.07) is 6.65. The summed E-state index contributed by atoms with van der Waals surface area (Å²) in [5.41, 5.74) is 0.495. The van der Waals surface area contributed by atoms with Crippen molar-refractivity contribution in [3.05, 3.63) is 29.8 Å². The minimum Gasteiger partial charge on any atom is -0.444 e. The summed E-state index contributed by atoms with van der Waals surface area (Å²) in [6.07, 6.45) is 1.41. The highest BCUT2D eigenvalue weighted by molar-refractivity contribution is 7.86. The van der Waals surface area contributed by atoms with Crippen LogP contribution in [0.1, 0.15) is 39.2 Å². The second kappa shape index (κ2) is 13.2. The zero-order chi connectivity index (χ0) is 24.3. The zero-order valence-corrected chi connectivity index (χ0v) is 21.0. The molecule has 1 aliphatic heterocycles. The number of likely N-dealkylation sites (tertiary alicyclic amines) is 1. The summed E-state index contributed by atoms with van der Waals surface area (Å²) >= 11 is 0. The number of piperidine rings is 1. The van der Waals surface area contributed by atoms with Crippen LogP contribution in [0.2, 0.25) is 0 Å². The molecule has 1 N–H and O–H groups in total. The first-order valence-electron chi connectivity index (χ1n) is 11.4. The SMILES string of the molecule is Cc1ccc(S(=O)(=O)OCCOCCOCCN2CCC(NC(=O)OC(C)(C)C)CC2)cc1. The number of aryl methyl sites for hydroxylation is 1. The van der Waals surface area contributed by atoms with E-state index >= 15 is 0 Å². The highest BCUT2D eigenvalue weighted by atomic mass is 32.2. The highest BCUT2D eigenvalue weighted by Gasteiger charge is 2.23. The lowest BCUT2D eigenvalue weighted by atomic mass is 10.1. The quantitative estimate of drug-likeness (QED) is 0.355. The van der Waals surface area contributed by atoms with Crippen LogP contribution in [0.5, 0.6) is 0 Å². The fraction of sp³-hybridized carbons (Fsp3) is 0.696. The van der Waals surface area contributed by atoms with Gasteiger partial charge >= 0.3 is 6.09 Å². The maximum Gasteiger partial charge on any atom is 0.407 e. The number of nitrogens with one attached hydrogen (secondary N) is 1. The molecule has 33 heavy (non-hydrogen) atoms. The average Bonchev–Trinajstić information content (AvgIpc) is 2.72. The fourth-order valence-electron chi connectivity index (χ4n) is 3.27. The molecule has 10 heteroatoms. The van der Waals surface area contributed by atoms with Crippen LogP contribution in [0.25, 0.3) is 0 Å². The minimum atomic E-state index is -3.76. The molecule has 1 saturated heterocycles. The van der Waals surface area contributed by atoms with E-state index in [0.29, 0.717) is 19.8 Å². The Balaban J connectivity index is 1.46. The predicted octanol–water partition coefficient (Wildman–Crippen LogP) is 2.72. The monoisotopic (exact) mass is 486 g/mol. The topological polar surface area (TPSA) is 103 Å². The van der Waals surface area contributed by atoms with Crippen molar-refractivity contribution in [1.29, 1.82) is 0 Å². The second-order valence-electron chi connectivity index (χ2n) is 9.08. The standard InChI is InChI=1S/C23H38N2O7S/c1-19-5-7-21(8-6-19)33(27,28)31-18-17-30-16-15-29-14-13-25-11-9-20(10-12-25)24-22(26)32-23(2,3)4/h5-8,20H,9-18H2,1-4H3,(H,24,26). The number of alkyl carbamates (subject to hydrolysis) is 1. The van der Waals surface area contributed by atoms with Gasteiger partial charge in [0, 0.05) is 25.7 Å². The van der Waals surface area contributed by atoms with Gasteiger partial charge in [0.2, 0.25) is 0 Å². The normalized spacial score (nSPS) is 16.0. The summed E-state index contributed by atoms with van der Waals surface area (Å²) in [6.45, 7) is 11.6. The molecule has 0 radical (unpaired) electrons. The van der Waals surface area contributed by atoms with Gasteiger partial charge in [-0.05, 0) is 52.7 Å². The number of hydrogen-bond acceptors (Lipinski definition) is 8. The Kier molecular flexibility index (Phi) is 11.0. The third-order valence-corrected chi connectivity index (χ3v) is 6.33. The summed E-state index contributed by atoms with van der Waals surface area (Å²) in [5.74, 6) is 0. The van der Waals surface area contributed by atoms with E-state index in [1.165, 1.54) is 12.1 Å². The van der Waals surface area contributed by atoms with Crippen molar-refractivity contribution < 1.29 is 31.6 Å². The molecule has 0 unspecified atom stereocenters. The van der Waals surface area contributed by atoms with E-state index in [1.807, 2.05) is 27.7 Å². The molecule has 0 aromatic heterocycles. The highest BCUT2D eigenvalue weighted by Crippen LogP contribution is 2.13. The van der Waals surface area contributed by atoms with Gasteiger partial charge in [-0.2, -0.15) is 8.42 Å². The molecule has 1 amide bonds. The molecule has 9 nitrogen and oxygen atoms in total. The predicted molar refractivity (Wildman–Crippen MR) is 125 cm³/mol. The van der Waals surface area contributed by atoms with Crippen LogP contribution in [0, 0.1) is 6.92 Å². The first-order valence-corrected chi connectivity index (χ1v) is 12.8. The Morgan fingerprint density at radius 1 is 1.00 bits per heavy atom. The van der Waals surface area contributed by atoms with Gasteiger partial charge in [0.25, 0.3) is 10.1 Å². The first-order chi connectivity index (χ1) is 15.5. The van der Waals surface area contributed by atoms with E-state index in [1.54, 1.807) is 12.1 Å². The summed E-state index contributed by atoms with van der Waals surface area (Å²) < 4.78 is 45.4. The van der Waals surface area contributed by atoms with Crippen molar-refractivity contribution in [3.63, 3.8) is 0 Å². The number of benzene rings is 1. The van der Waals surface area contributed by atoms with E-state index in [9.17, 15) is 13.2 Å². The molecule has 188 valence electrons. The first kappa shape index (κ1) is 27.5. The van der Waals surface area contributed by atoms with Gasteiger partial charge in [-0.25, -0.2) is 4.79 Å². The van der Waals surface area contributed by atoms with E-state index in [-0.39, 0.29) is 30.2 Å². The number of rotatable bonds is 12. The number of nitrogens with zero attached hydrogens (tertiary/aromatic N) is 1. The number of amides is 1. The Bertz CT molecular complexity index is 814.